The SMILES string of the molecule is COc1c(Cl)cc2c(cnn2C2CCCCO2)c1-c1c(N2CCNCC23CCC3)nn(C2CC3(C2)CN(C(=O)OC(C)(C)C)C3)c1C. The van der Waals surface area contributed by atoms with E-state index in [4.69, 9.17) is 36.0 Å². The summed E-state index contributed by atoms with van der Waals surface area (Å²) in [5.74, 6) is 1.67. The number of nitrogens with one attached hydrogen (secondary N) is 1. The molecule has 1 aromatic carbocycles. The van der Waals surface area contributed by atoms with Crippen LogP contribution in [0.3, 0.4) is 0 Å². The molecule has 3 saturated heterocycles. The quantitative estimate of drug-likeness (QED) is 0.331. The minimum atomic E-state index is -0.491. The van der Waals surface area contributed by atoms with Crippen molar-refractivity contribution >= 4 is 34.4 Å². The maximum Gasteiger partial charge on any atom is 0.410 e. The lowest BCUT2D eigenvalue weighted by Gasteiger charge is -2.58. The van der Waals surface area contributed by atoms with E-state index in [2.05, 4.69) is 21.8 Å². The molecule has 1 atom stereocenters. The van der Waals surface area contributed by atoms with Gasteiger partial charge in [-0.05, 0) is 85.1 Å². The lowest BCUT2D eigenvalue weighted by molar-refractivity contribution is -0.0930. The van der Waals surface area contributed by atoms with Crippen LogP contribution in [0.25, 0.3) is 22.0 Å². The average Bonchev–Trinajstić information content (AvgIpc) is 3.54. The first-order valence-electron chi connectivity index (χ1n) is 17.4. The summed E-state index contributed by atoms with van der Waals surface area (Å²) in [5, 5.41) is 15.6. The standard InChI is InChI=1S/C35H48ClN7O4/c1-22-28(29-24-18-38-43(27-9-6-7-14-46-27)26(24)15-25(36)30(29)45-5)31(41-13-12-37-19-35(41)10-8-11-35)39-42(22)23-16-34(17-23)20-40(21-34)32(44)47-33(2,3)4/h15,18,23,27,37H,6-14,16-17,19-21H2,1-5H3. The number of ether oxygens (including phenoxy) is 3. The van der Waals surface area contributed by atoms with Crippen molar-refractivity contribution in [3.05, 3.63) is 23.0 Å². The van der Waals surface area contributed by atoms with Gasteiger partial charge in [-0.25, -0.2) is 9.48 Å². The third-order valence-electron chi connectivity index (χ3n) is 11.3. The van der Waals surface area contributed by atoms with E-state index >= 15 is 0 Å². The fraction of sp³-hybridized carbons (Fsp3) is 0.686. The molecule has 1 amide bonds. The van der Waals surface area contributed by atoms with Gasteiger partial charge in [-0.3, -0.25) is 4.68 Å². The molecule has 3 aliphatic heterocycles. The number of amides is 1. The highest BCUT2D eigenvalue weighted by Crippen LogP contribution is 2.57. The molecule has 1 unspecified atom stereocenters. The van der Waals surface area contributed by atoms with Gasteiger partial charge in [0.15, 0.2) is 12.0 Å². The van der Waals surface area contributed by atoms with Crippen molar-refractivity contribution in [2.45, 2.75) is 102 Å². The van der Waals surface area contributed by atoms with Crippen LogP contribution in [0.4, 0.5) is 10.6 Å². The molecule has 1 N–H and O–H groups in total. The second-order valence-electron chi connectivity index (χ2n) is 15.6. The third-order valence-corrected chi connectivity index (χ3v) is 11.6. The van der Waals surface area contributed by atoms with E-state index in [1.165, 1.54) is 6.42 Å². The van der Waals surface area contributed by atoms with Gasteiger partial charge in [0.05, 0.1) is 41.0 Å². The van der Waals surface area contributed by atoms with Crippen molar-refractivity contribution in [1.29, 1.82) is 0 Å². The zero-order chi connectivity index (χ0) is 32.7. The molecule has 12 heteroatoms. The number of carbonyl (C=O) groups excluding carboxylic acids is 1. The van der Waals surface area contributed by atoms with Crippen LogP contribution in [0.15, 0.2) is 12.3 Å². The Morgan fingerprint density at radius 1 is 1.13 bits per heavy atom. The summed E-state index contributed by atoms with van der Waals surface area (Å²) in [6.45, 7) is 12.9. The van der Waals surface area contributed by atoms with Gasteiger partial charge in [0, 0.05) is 61.4 Å². The molecule has 3 aromatic rings. The Kier molecular flexibility index (Phi) is 7.50. The predicted molar refractivity (Wildman–Crippen MR) is 181 cm³/mol. The first-order valence-corrected chi connectivity index (χ1v) is 17.8. The number of aromatic nitrogens is 4. The van der Waals surface area contributed by atoms with E-state index in [1.807, 2.05) is 42.6 Å². The number of halogens is 1. The molecule has 254 valence electrons. The molecule has 5 aliphatic rings. The lowest BCUT2D eigenvalue weighted by Crippen LogP contribution is -2.65. The molecule has 0 radical (unpaired) electrons. The smallest absolute Gasteiger partial charge is 0.410 e. The fourth-order valence-corrected chi connectivity index (χ4v) is 9.14. The molecule has 11 nitrogen and oxygen atoms in total. The van der Waals surface area contributed by atoms with Crippen LogP contribution in [0.1, 0.15) is 90.1 Å². The molecular weight excluding hydrogens is 618 g/mol. The summed E-state index contributed by atoms with van der Waals surface area (Å²) in [5.41, 5.74) is 3.80. The number of methoxy groups -OCH3 is 1. The van der Waals surface area contributed by atoms with E-state index in [9.17, 15) is 4.79 Å². The largest absolute Gasteiger partial charge is 0.495 e. The van der Waals surface area contributed by atoms with Crippen molar-refractivity contribution in [3.63, 3.8) is 0 Å². The first-order chi connectivity index (χ1) is 22.5. The average molecular weight is 666 g/mol. The number of anilines is 1. The van der Waals surface area contributed by atoms with Crippen molar-refractivity contribution in [2.24, 2.45) is 5.41 Å². The minimum absolute atomic E-state index is 0.0619. The highest BCUT2D eigenvalue weighted by atomic mass is 35.5. The van der Waals surface area contributed by atoms with Crippen molar-refractivity contribution in [1.82, 2.24) is 29.8 Å². The Labute approximate surface area is 281 Å². The van der Waals surface area contributed by atoms with Crippen LogP contribution < -0.4 is 15.0 Å². The van der Waals surface area contributed by atoms with Gasteiger partial charge in [0.1, 0.15) is 11.4 Å². The van der Waals surface area contributed by atoms with Crippen LogP contribution in [0, 0.1) is 12.3 Å². The second kappa shape index (κ2) is 11.3. The number of piperazine rings is 1. The molecule has 5 fully saturated rings. The maximum atomic E-state index is 12.7. The molecule has 2 saturated carbocycles. The van der Waals surface area contributed by atoms with Crippen LogP contribution in [-0.2, 0) is 9.47 Å². The Morgan fingerprint density at radius 3 is 2.57 bits per heavy atom. The van der Waals surface area contributed by atoms with Crippen molar-refractivity contribution in [2.75, 3.05) is 51.3 Å². The van der Waals surface area contributed by atoms with Crippen LogP contribution in [0.5, 0.6) is 5.75 Å². The summed E-state index contributed by atoms with van der Waals surface area (Å²) in [6.07, 6.45) is 10.2. The van der Waals surface area contributed by atoms with Crippen LogP contribution in [-0.4, -0.2) is 88.1 Å². The minimum Gasteiger partial charge on any atom is -0.495 e. The van der Waals surface area contributed by atoms with E-state index in [-0.39, 0.29) is 29.3 Å². The normalized spacial score (nSPS) is 23.9. The van der Waals surface area contributed by atoms with Crippen molar-refractivity contribution < 1.29 is 19.0 Å². The molecule has 0 bridgehead atoms. The topological polar surface area (TPSA) is 98.9 Å². The maximum absolute atomic E-state index is 12.7. The van der Waals surface area contributed by atoms with Gasteiger partial charge < -0.3 is 29.3 Å². The molecule has 2 aliphatic carbocycles. The Hall–Kier alpha value is -3.02. The number of hydrogen-bond acceptors (Lipinski definition) is 8. The van der Waals surface area contributed by atoms with Gasteiger partial charge in [-0.15, -0.1) is 0 Å². The molecule has 47 heavy (non-hydrogen) atoms. The number of rotatable bonds is 5. The molecule has 2 spiro atoms. The number of likely N-dealkylation sites (tertiary alicyclic amines) is 1. The molecule has 2 aromatic heterocycles. The zero-order valence-corrected chi connectivity index (χ0v) is 29.2. The summed E-state index contributed by atoms with van der Waals surface area (Å²) in [4.78, 5) is 17.1. The monoisotopic (exact) mass is 665 g/mol. The summed E-state index contributed by atoms with van der Waals surface area (Å²) in [7, 11) is 1.70. The number of benzene rings is 1. The molecule has 5 heterocycles. The van der Waals surface area contributed by atoms with Gasteiger partial charge in [0.2, 0.25) is 0 Å². The van der Waals surface area contributed by atoms with E-state index < -0.39 is 5.60 Å². The van der Waals surface area contributed by atoms with Crippen LogP contribution in [0.2, 0.25) is 5.02 Å². The Balaban J connectivity index is 1.19. The zero-order valence-electron chi connectivity index (χ0n) is 28.4. The van der Waals surface area contributed by atoms with Crippen molar-refractivity contribution in [3.8, 4) is 16.9 Å². The highest BCUT2D eigenvalue weighted by Gasteiger charge is 2.56. The number of hydrogen-bond donors (Lipinski definition) is 1. The van der Waals surface area contributed by atoms with E-state index in [0.29, 0.717) is 10.8 Å². The third kappa shape index (κ3) is 5.10. The molecule has 8 rings (SSSR count). The first kappa shape index (κ1) is 31.3. The highest BCUT2D eigenvalue weighted by molar-refractivity contribution is 6.34. The fourth-order valence-electron chi connectivity index (χ4n) is 8.87. The van der Waals surface area contributed by atoms with E-state index in [0.717, 1.165) is 118 Å². The number of nitrogens with zero attached hydrogens (tertiary/aromatic N) is 6. The Morgan fingerprint density at radius 2 is 1.91 bits per heavy atom. The lowest BCUT2D eigenvalue weighted by atomic mass is 9.61. The summed E-state index contributed by atoms with van der Waals surface area (Å²) >= 11 is 7.06. The van der Waals surface area contributed by atoms with Crippen LogP contribution >= 0.6 is 11.6 Å². The second-order valence-corrected chi connectivity index (χ2v) is 16.1. The predicted octanol–water partition coefficient (Wildman–Crippen LogP) is 6.47. The summed E-state index contributed by atoms with van der Waals surface area (Å²) < 4.78 is 22.2. The van der Waals surface area contributed by atoms with Gasteiger partial charge in [-0.2, -0.15) is 10.2 Å². The Bertz CT molecular complexity index is 1690. The number of carbonyl (C=O) groups is 1. The number of fused-ring (bicyclic) bond motifs is 1. The molecular formula is C35H48ClN7O4. The summed E-state index contributed by atoms with van der Waals surface area (Å²) in [6, 6.07) is 2.23. The van der Waals surface area contributed by atoms with Gasteiger partial charge in [0.25, 0.3) is 0 Å². The van der Waals surface area contributed by atoms with Gasteiger partial charge in [-0.1, -0.05) is 11.6 Å². The van der Waals surface area contributed by atoms with Gasteiger partial charge >= 0.3 is 6.09 Å². The van der Waals surface area contributed by atoms with E-state index in [1.54, 1.807) is 7.11 Å².